The van der Waals surface area contributed by atoms with Crippen molar-refractivity contribution in [3.05, 3.63) is 13.9 Å². The molecular formula is C8H12BrIN2. The van der Waals surface area contributed by atoms with Gasteiger partial charge in [-0.2, -0.15) is 5.10 Å². The van der Waals surface area contributed by atoms with E-state index in [4.69, 9.17) is 0 Å². The maximum absolute atomic E-state index is 4.44. The molecule has 0 spiro atoms. The van der Waals surface area contributed by atoms with E-state index < -0.39 is 0 Å². The summed E-state index contributed by atoms with van der Waals surface area (Å²) in [7, 11) is 0. The highest BCUT2D eigenvalue weighted by Gasteiger charge is 2.19. The van der Waals surface area contributed by atoms with Crippen LogP contribution < -0.4 is 0 Å². The maximum Gasteiger partial charge on any atom is 0.137 e. The van der Waals surface area contributed by atoms with Gasteiger partial charge < -0.3 is 0 Å². The van der Waals surface area contributed by atoms with Gasteiger partial charge in [-0.15, -0.1) is 0 Å². The second kappa shape index (κ2) is 3.29. The van der Waals surface area contributed by atoms with Gasteiger partial charge in [-0.1, -0.05) is 0 Å². The third-order valence-corrected chi connectivity index (χ3v) is 4.09. The van der Waals surface area contributed by atoms with Gasteiger partial charge in [0, 0.05) is 0 Å². The number of nitrogens with zero attached hydrogens (tertiary/aromatic N) is 2. The molecule has 4 heteroatoms. The average Bonchev–Trinajstić information content (AvgIpc) is 2.15. The van der Waals surface area contributed by atoms with Crippen LogP contribution in [-0.2, 0) is 5.54 Å². The lowest BCUT2D eigenvalue weighted by molar-refractivity contribution is 0.346. The molecule has 0 N–H and O–H groups in total. The first-order valence-corrected chi connectivity index (χ1v) is 5.62. The average molecular weight is 343 g/mol. The molecule has 1 aromatic rings. The van der Waals surface area contributed by atoms with E-state index in [9.17, 15) is 0 Å². The molecule has 0 saturated carbocycles. The summed E-state index contributed by atoms with van der Waals surface area (Å²) in [4.78, 5) is 0. The lowest BCUT2D eigenvalue weighted by Crippen LogP contribution is -2.24. The third kappa shape index (κ3) is 1.84. The fourth-order valence-electron chi connectivity index (χ4n) is 1.10. The van der Waals surface area contributed by atoms with E-state index in [0.717, 1.165) is 8.17 Å². The summed E-state index contributed by atoms with van der Waals surface area (Å²) in [6, 6.07) is 0. The monoisotopic (exact) mass is 342 g/mol. The Balaban J connectivity index is 3.28. The zero-order valence-corrected chi connectivity index (χ0v) is 11.4. The molecule has 0 saturated heterocycles. The van der Waals surface area contributed by atoms with Crippen LogP contribution in [0.1, 0.15) is 26.5 Å². The summed E-state index contributed by atoms with van der Waals surface area (Å²) in [5, 5.41) is 4.44. The highest BCUT2D eigenvalue weighted by molar-refractivity contribution is 14.1. The van der Waals surface area contributed by atoms with Crippen LogP contribution in [0.4, 0.5) is 0 Å². The van der Waals surface area contributed by atoms with E-state index >= 15 is 0 Å². The first-order valence-electron chi connectivity index (χ1n) is 3.75. The third-order valence-electron chi connectivity index (χ3n) is 1.64. The molecule has 0 aliphatic rings. The van der Waals surface area contributed by atoms with Gasteiger partial charge in [-0.05, 0) is 66.2 Å². The highest BCUT2D eigenvalue weighted by Crippen LogP contribution is 2.26. The van der Waals surface area contributed by atoms with Crippen LogP contribution in [0.15, 0.2) is 4.47 Å². The SMILES string of the molecule is Cc1c(Br)c(I)nn1C(C)(C)C. The predicted octanol–water partition coefficient (Wildman–Crippen LogP) is 3.31. The van der Waals surface area contributed by atoms with Gasteiger partial charge in [-0.3, -0.25) is 4.68 Å². The molecule has 0 radical (unpaired) electrons. The Morgan fingerprint density at radius 3 is 2.08 bits per heavy atom. The van der Waals surface area contributed by atoms with Crippen LogP contribution in [0, 0.1) is 10.6 Å². The molecule has 1 heterocycles. The number of halogens is 2. The predicted molar refractivity (Wildman–Crippen MR) is 62.4 cm³/mol. The van der Waals surface area contributed by atoms with Crippen molar-refractivity contribution in [2.45, 2.75) is 33.2 Å². The molecule has 68 valence electrons. The number of hydrogen-bond donors (Lipinski definition) is 0. The van der Waals surface area contributed by atoms with Gasteiger partial charge in [0.15, 0.2) is 0 Å². The number of rotatable bonds is 0. The molecule has 0 unspecified atom stereocenters. The van der Waals surface area contributed by atoms with Crippen molar-refractivity contribution in [3.63, 3.8) is 0 Å². The number of aromatic nitrogens is 2. The largest absolute Gasteiger partial charge is 0.262 e. The smallest absolute Gasteiger partial charge is 0.137 e. The van der Waals surface area contributed by atoms with Crippen LogP contribution in [0.3, 0.4) is 0 Å². The van der Waals surface area contributed by atoms with Crippen molar-refractivity contribution in [2.24, 2.45) is 0 Å². The fraction of sp³-hybridized carbons (Fsp3) is 0.625. The maximum atomic E-state index is 4.44. The first kappa shape index (κ1) is 10.5. The Labute approximate surface area is 95.0 Å². The normalized spacial score (nSPS) is 12.2. The van der Waals surface area contributed by atoms with Crippen molar-refractivity contribution in [3.8, 4) is 0 Å². The Kier molecular flexibility index (Phi) is 2.88. The quantitative estimate of drug-likeness (QED) is 0.661. The minimum absolute atomic E-state index is 0.0655. The molecule has 0 atom stereocenters. The van der Waals surface area contributed by atoms with Gasteiger partial charge in [0.1, 0.15) is 3.70 Å². The van der Waals surface area contributed by atoms with E-state index in [-0.39, 0.29) is 5.54 Å². The topological polar surface area (TPSA) is 17.8 Å². The van der Waals surface area contributed by atoms with Crippen LogP contribution in [0.25, 0.3) is 0 Å². The van der Waals surface area contributed by atoms with Gasteiger partial charge >= 0.3 is 0 Å². The minimum atomic E-state index is 0.0655. The van der Waals surface area contributed by atoms with Crippen LogP contribution in [-0.4, -0.2) is 9.78 Å². The first-order chi connectivity index (χ1) is 5.34. The van der Waals surface area contributed by atoms with E-state index in [1.54, 1.807) is 0 Å². The van der Waals surface area contributed by atoms with Gasteiger partial charge in [-0.25, -0.2) is 0 Å². The molecule has 0 aromatic carbocycles. The molecule has 0 aliphatic carbocycles. The Morgan fingerprint density at radius 2 is 1.92 bits per heavy atom. The fourth-order valence-corrected chi connectivity index (χ4v) is 1.96. The van der Waals surface area contributed by atoms with E-state index in [2.05, 4.69) is 71.3 Å². The standard InChI is InChI=1S/C8H12BrIN2/c1-5-6(9)7(10)11-12(5)8(2,3)4/h1-4H3. The van der Waals surface area contributed by atoms with E-state index in [1.807, 2.05) is 4.68 Å². The molecule has 1 rings (SSSR count). The Morgan fingerprint density at radius 1 is 1.42 bits per heavy atom. The second-order valence-electron chi connectivity index (χ2n) is 3.77. The summed E-state index contributed by atoms with van der Waals surface area (Å²) >= 11 is 5.73. The minimum Gasteiger partial charge on any atom is -0.262 e. The van der Waals surface area contributed by atoms with E-state index in [1.165, 1.54) is 5.69 Å². The van der Waals surface area contributed by atoms with E-state index in [0.29, 0.717) is 0 Å². The van der Waals surface area contributed by atoms with Crippen molar-refractivity contribution in [1.29, 1.82) is 0 Å². The summed E-state index contributed by atoms with van der Waals surface area (Å²) in [6.45, 7) is 8.52. The van der Waals surface area contributed by atoms with Crippen molar-refractivity contribution < 1.29 is 0 Å². The molecule has 0 aliphatic heterocycles. The number of hydrogen-bond acceptors (Lipinski definition) is 1. The van der Waals surface area contributed by atoms with Crippen LogP contribution in [0.5, 0.6) is 0 Å². The molecule has 0 amide bonds. The summed E-state index contributed by atoms with van der Waals surface area (Å²) in [6.07, 6.45) is 0. The van der Waals surface area contributed by atoms with Gasteiger partial charge in [0.2, 0.25) is 0 Å². The molecule has 12 heavy (non-hydrogen) atoms. The lowest BCUT2D eigenvalue weighted by Gasteiger charge is -2.21. The van der Waals surface area contributed by atoms with Crippen molar-refractivity contribution >= 4 is 38.5 Å². The summed E-state index contributed by atoms with van der Waals surface area (Å²) in [5.41, 5.74) is 1.25. The second-order valence-corrected chi connectivity index (χ2v) is 5.59. The summed E-state index contributed by atoms with van der Waals surface area (Å²) in [5.74, 6) is 0. The lowest BCUT2D eigenvalue weighted by atomic mass is 10.1. The zero-order valence-electron chi connectivity index (χ0n) is 7.65. The van der Waals surface area contributed by atoms with Crippen LogP contribution >= 0.6 is 38.5 Å². The summed E-state index contributed by atoms with van der Waals surface area (Å²) < 4.78 is 4.18. The molecular weight excluding hydrogens is 331 g/mol. The van der Waals surface area contributed by atoms with Gasteiger partial charge in [0.05, 0.1) is 15.7 Å². The van der Waals surface area contributed by atoms with Crippen molar-refractivity contribution in [2.75, 3.05) is 0 Å². The Bertz CT molecular complexity index is 299. The molecule has 1 aromatic heterocycles. The zero-order chi connectivity index (χ0) is 9.52. The van der Waals surface area contributed by atoms with Crippen molar-refractivity contribution in [1.82, 2.24) is 9.78 Å². The highest BCUT2D eigenvalue weighted by atomic mass is 127. The van der Waals surface area contributed by atoms with Gasteiger partial charge in [0.25, 0.3) is 0 Å². The molecule has 0 bridgehead atoms. The molecule has 2 nitrogen and oxygen atoms in total. The molecule has 0 fully saturated rings. The Hall–Kier alpha value is 0.420. The van der Waals surface area contributed by atoms with Crippen LogP contribution in [0.2, 0.25) is 0 Å².